The summed E-state index contributed by atoms with van der Waals surface area (Å²) in [5, 5.41) is 0.443. The summed E-state index contributed by atoms with van der Waals surface area (Å²) in [6, 6.07) is 0. The smallest absolute Gasteiger partial charge is 0.149 e. The lowest BCUT2D eigenvalue weighted by Crippen LogP contribution is -2.21. The number of halogens is 1. The Labute approximate surface area is 90.1 Å². The van der Waals surface area contributed by atoms with E-state index in [2.05, 4.69) is 28.7 Å². The summed E-state index contributed by atoms with van der Waals surface area (Å²) in [6.45, 7) is 5.39. The van der Waals surface area contributed by atoms with Gasteiger partial charge >= 0.3 is 0 Å². The Kier molecular flexibility index (Phi) is 4.14. The molecule has 0 N–H and O–H groups in total. The molecule has 0 aliphatic heterocycles. The van der Waals surface area contributed by atoms with Gasteiger partial charge in [-0.2, -0.15) is 0 Å². The molecule has 0 unspecified atom stereocenters. The van der Waals surface area contributed by atoms with Gasteiger partial charge in [-0.05, 0) is 12.3 Å². The molecule has 1 aromatic heterocycles. The molecule has 0 saturated carbocycles. The first kappa shape index (κ1) is 11.2. The standard InChI is InChI=1S/C10H16ClN3/c1-8(2)4-5-14(3)10-7-12-6-9(11)13-10/h6-8H,4-5H2,1-3H3. The van der Waals surface area contributed by atoms with Gasteiger partial charge in [0.05, 0.1) is 12.4 Å². The van der Waals surface area contributed by atoms with Gasteiger partial charge in [-0.3, -0.25) is 4.98 Å². The zero-order valence-electron chi connectivity index (χ0n) is 8.87. The van der Waals surface area contributed by atoms with E-state index in [1.807, 2.05) is 7.05 Å². The molecule has 14 heavy (non-hydrogen) atoms. The van der Waals surface area contributed by atoms with Crippen LogP contribution in [0.4, 0.5) is 5.82 Å². The zero-order valence-corrected chi connectivity index (χ0v) is 9.62. The average molecular weight is 214 g/mol. The van der Waals surface area contributed by atoms with E-state index in [1.54, 1.807) is 12.4 Å². The summed E-state index contributed by atoms with van der Waals surface area (Å²) < 4.78 is 0. The second-order valence-electron chi connectivity index (χ2n) is 3.80. The fourth-order valence-corrected chi connectivity index (χ4v) is 1.23. The number of hydrogen-bond donors (Lipinski definition) is 0. The lowest BCUT2D eigenvalue weighted by molar-refractivity contribution is 0.583. The van der Waals surface area contributed by atoms with Crippen LogP contribution in [0.1, 0.15) is 20.3 Å². The van der Waals surface area contributed by atoms with Crippen molar-refractivity contribution in [2.24, 2.45) is 5.92 Å². The summed E-state index contributed by atoms with van der Waals surface area (Å²) >= 11 is 5.75. The first-order chi connectivity index (χ1) is 6.59. The molecule has 0 fully saturated rings. The average Bonchev–Trinajstić information content (AvgIpc) is 2.14. The molecule has 1 heterocycles. The van der Waals surface area contributed by atoms with Gasteiger partial charge in [-0.25, -0.2) is 4.98 Å². The van der Waals surface area contributed by atoms with Gasteiger partial charge in [-0.15, -0.1) is 0 Å². The first-order valence-corrected chi connectivity index (χ1v) is 5.16. The summed E-state index contributed by atoms with van der Waals surface area (Å²) in [5.41, 5.74) is 0. The monoisotopic (exact) mass is 213 g/mol. The van der Waals surface area contributed by atoms with Crippen LogP contribution >= 0.6 is 11.6 Å². The van der Waals surface area contributed by atoms with E-state index in [4.69, 9.17) is 11.6 Å². The third kappa shape index (κ3) is 3.50. The molecule has 1 aromatic rings. The molecule has 4 heteroatoms. The molecule has 0 saturated heterocycles. The fourth-order valence-electron chi connectivity index (χ4n) is 1.08. The van der Waals surface area contributed by atoms with Gasteiger partial charge < -0.3 is 4.90 Å². The molecule has 3 nitrogen and oxygen atoms in total. The van der Waals surface area contributed by atoms with Crippen LogP contribution in [0.3, 0.4) is 0 Å². The van der Waals surface area contributed by atoms with Crippen molar-refractivity contribution in [1.29, 1.82) is 0 Å². The van der Waals surface area contributed by atoms with E-state index >= 15 is 0 Å². The number of anilines is 1. The Morgan fingerprint density at radius 1 is 1.43 bits per heavy atom. The minimum absolute atomic E-state index is 0.443. The van der Waals surface area contributed by atoms with E-state index < -0.39 is 0 Å². The Morgan fingerprint density at radius 2 is 2.14 bits per heavy atom. The summed E-state index contributed by atoms with van der Waals surface area (Å²) in [4.78, 5) is 10.2. The van der Waals surface area contributed by atoms with Crippen LogP contribution in [0.2, 0.25) is 5.15 Å². The molecule has 78 valence electrons. The predicted molar refractivity (Wildman–Crippen MR) is 59.8 cm³/mol. The summed E-state index contributed by atoms with van der Waals surface area (Å²) in [5.74, 6) is 1.53. The lowest BCUT2D eigenvalue weighted by Gasteiger charge is -2.18. The number of hydrogen-bond acceptors (Lipinski definition) is 3. The Hall–Kier alpha value is -0.830. The molecule has 1 rings (SSSR count). The molecule has 0 aliphatic rings. The predicted octanol–water partition coefficient (Wildman–Crippen LogP) is 2.61. The maximum absolute atomic E-state index is 5.75. The van der Waals surface area contributed by atoms with E-state index in [1.165, 1.54) is 0 Å². The second-order valence-corrected chi connectivity index (χ2v) is 4.19. The van der Waals surface area contributed by atoms with Crippen LogP contribution in [0.5, 0.6) is 0 Å². The van der Waals surface area contributed by atoms with Gasteiger partial charge in [0.15, 0.2) is 0 Å². The fraction of sp³-hybridized carbons (Fsp3) is 0.600. The Bertz CT molecular complexity index is 288. The third-order valence-electron chi connectivity index (χ3n) is 2.03. The highest BCUT2D eigenvalue weighted by molar-refractivity contribution is 6.29. The molecule has 0 bridgehead atoms. The topological polar surface area (TPSA) is 29.0 Å². The van der Waals surface area contributed by atoms with Crippen LogP contribution in [0.25, 0.3) is 0 Å². The van der Waals surface area contributed by atoms with Crippen LogP contribution in [-0.2, 0) is 0 Å². The van der Waals surface area contributed by atoms with E-state index in [0.717, 1.165) is 18.8 Å². The Morgan fingerprint density at radius 3 is 2.71 bits per heavy atom. The van der Waals surface area contributed by atoms with Crippen molar-refractivity contribution in [3.8, 4) is 0 Å². The normalized spacial score (nSPS) is 10.6. The lowest BCUT2D eigenvalue weighted by atomic mass is 10.1. The third-order valence-corrected chi connectivity index (χ3v) is 2.21. The number of nitrogens with zero attached hydrogens (tertiary/aromatic N) is 3. The quantitative estimate of drug-likeness (QED) is 0.770. The molecule has 0 atom stereocenters. The molecule has 0 amide bonds. The highest BCUT2D eigenvalue weighted by Crippen LogP contribution is 2.12. The van der Waals surface area contributed by atoms with Crippen molar-refractivity contribution in [1.82, 2.24) is 9.97 Å². The van der Waals surface area contributed by atoms with Crippen LogP contribution in [0.15, 0.2) is 12.4 Å². The van der Waals surface area contributed by atoms with Gasteiger partial charge in [-0.1, -0.05) is 25.4 Å². The van der Waals surface area contributed by atoms with Crippen molar-refractivity contribution in [3.05, 3.63) is 17.5 Å². The maximum Gasteiger partial charge on any atom is 0.149 e. The highest BCUT2D eigenvalue weighted by atomic mass is 35.5. The molecule has 0 radical (unpaired) electrons. The van der Waals surface area contributed by atoms with E-state index in [0.29, 0.717) is 11.1 Å². The molecule has 0 spiro atoms. The molecule has 0 aliphatic carbocycles. The van der Waals surface area contributed by atoms with Crippen LogP contribution in [0, 0.1) is 5.92 Å². The molecule has 0 aromatic carbocycles. The van der Waals surface area contributed by atoms with Crippen LogP contribution < -0.4 is 4.90 Å². The van der Waals surface area contributed by atoms with Crippen molar-refractivity contribution >= 4 is 17.4 Å². The largest absolute Gasteiger partial charge is 0.358 e. The minimum atomic E-state index is 0.443. The zero-order chi connectivity index (χ0) is 10.6. The van der Waals surface area contributed by atoms with Crippen molar-refractivity contribution < 1.29 is 0 Å². The summed E-state index contributed by atoms with van der Waals surface area (Å²) in [7, 11) is 2.00. The SMILES string of the molecule is CC(C)CCN(C)c1cncc(Cl)n1. The van der Waals surface area contributed by atoms with E-state index in [-0.39, 0.29) is 0 Å². The van der Waals surface area contributed by atoms with Crippen molar-refractivity contribution in [2.45, 2.75) is 20.3 Å². The Balaban J connectivity index is 2.56. The van der Waals surface area contributed by atoms with Crippen molar-refractivity contribution in [3.63, 3.8) is 0 Å². The van der Waals surface area contributed by atoms with Gasteiger partial charge in [0.25, 0.3) is 0 Å². The van der Waals surface area contributed by atoms with Crippen LogP contribution in [-0.4, -0.2) is 23.6 Å². The maximum atomic E-state index is 5.75. The van der Waals surface area contributed by atoms with Gasteiger partial charge in [0.2, 0.25) is 0 Å². The first-order valence-electron chi connectivity index (χ1n) is 4.78. The minimum Gasteiger partial charge on any atom is -0.358 e. The summed E-state index contributed by atoms with van der Waals surface area (Å²) in [6.07, 6.45) is 4.41. The number of rotatable bonds is 4. The second kappa shape index (κ2) is 5.15. The molecular weight excluding hydrogens is 198 g/mol. The number of aromatic nitrogens is 2. The van der Waals surface area contributed by atoms with E-state index in [9.17, 15) is 0 Å². The van der Waals surface area contributed by atoms with Crippen molar-refractivity contribution in [2.75, 3.05) is 18.5 Å². The molecular formula is C10H16ClN3. The highest BCUT2D eigenvalue weighted by Gasteiger charge is 2.04. The van der Waals surface area contributed by atoms with Gasteiger partial charge in [0, 0.05) is 13.6 Å². The van der Waals surface area contributed by atoms with Gasteiger partial charge in [0.1, 0.15) is 11.0 Å².